The minimum atomic E-state index is -0.195. The van der Waals surface area contributed by atoms with E-state index >= 15 is 0 Å². The largest absolute Gasteiger partial charge is 0.339 e. The fourth-order valence-corrected chi connectivity index (χ4v) is 5.38. The predicted octanol–water partition coefficient (Wildman–Crippen LogP) is 1.41. The highest BCUT2D eigenvalue weighted by molar-refractivity contribution is 6.04. The number of carbonyl (C=O) groups excluding carboxylic acids is 2. The summed E-state index contributed by atoms with van der Waals surface area (Å²) in [5.41, 5.74) is 0.147. The van der Waals surface area contributed by atoms with Crippen molar-refractivity contribution < 1.29 is 9.59 Å². The van der Waals surface area contributed by atoms with Crippen LogP contribution in [0.2, 0.25) is 0 Å². The molecule has 1 aromatic heterocycles. The zero-order chi connectivity index (χ0) is 19.4. The molecule has 0 aliphatic carbocycles. The van der Waals surface area contributed by atoms with Gasteiger partial charge in [0.25, 0.3) is 11.5 Å². The van der Waals surface area contributed by atoms with E-state index in [2.05, 4.69) is 10.00 Å². The minimum Gasteiger partial charge on any atom is -0.339 e. The standard InChI is InChI=1S/C21H24N4O3/c1-23-20(27)16-6-3-2-5-15(16)19(22-23)21(28)24-10-13-9-14(12-24)17-7-4-8-18(26)25(17)11-13/h2-3,5-6,13-14,17H,4,7-12H2,1H3/t13-,14-,17?/m0/s1. The number of fused-ring (bicyclic) bond motifs is 5. The summed E-state index contributed by atoms with van der Waals surface area (Å²) in [4.78, 5) is 42.1. The number of likely N-dealkylation sites (tertiary alicyclic amines) is 1. The number of hydrogen-bond acceptors (Lipinski definition) is 4. The summed E-state index contributed by atoms with van der Waals surface area (Å²) in [6, 6.07) is 7.43. The molecule has 146 valence electrons. The predicted molar refractivity (Wildman–Crippen MR) is 104 cm³/mol. The number of piperidine rings is 3. The van der Waals surface area contributed by atoms with E-state index in [9.17, 15) is 14.4 Å². The van der Waals surface area contributed by atoms with Crippen molar-refractivity contribution in [3.05, 3.63) is 40.3 Å². The summed E-state index contributed by atoms with van der Waals surface area (Å²) in [5, 5.41) is 5.44. The molecule has 1 aromatic carbocycles. The van der Waals surface area contributed by atoms with Crippen LogP contribution in [0.15, 0.2) is 29.1 Å². The maximum Gasteiger partial charge on any atom is 0.274 e. The number of aromatic nitrogens is 2. The van der Waals surface area contributed by atoms with Gasteiger partial charge >= 0.3 is 0 Å². The summed E-state index contributed by atoms with van der Waals surface area (Å²) in [7, 11) is 1.59. The van der Waals surface area contributed by atoms with Crippen molar-refractivity contribution in [1.29, 1.82) is 0 Å². The molecule has 2 bridgehead atoms. The molecule has 3 atom stereocenters. The Balaban J connectivity index is 1.48. The third-order valence-corrected chi connectivity index (χ3v) is 6.63. The Morgan fingerprint density at radius 3 is 2.71 bits per heavy atom. The van der Waals surface area contributed by atoms with Crippen LogP contribution in [-0.2, 0) is 11.8 Å². The first-order valence-corrected chi connectivity index (χ1v) is 10.1. The molecule has 2 amide bonds. The zero-order valence-electron chi connectivity index (χ0n) is 16.0. The van der Waals surface area contributed by atoms with Gasteiger partial charge in [-0.05, 0) is 37.2 Å². The van der Waals surface area contributed by atoms with Gasteiger partial charge in [-0.2, -0.15) is 5.10 Å². The summed E-state index contributed by atoms with van der Waals surface area (Å²) >= 11 is 0. The van der Waals surface area contributed by atoms with E-state index < -0.39 is 0 Å². The molecule has 7 heteroatoms. The molecule has 0 N–H and O–H groups in total. The Bertz CT molecular complexity index is 1030. The molecule has 3 fully saturated rings. The van der Waals surface area contributed by atoms with Gasteiger partial charge in [0.2, 0.25) is 5.91 Å². The van der Waals surface area contributed by atoms with Crippen LogP contribution >= 0.6 is 0 Å². The summed E-state index contributed by atoms with van der Waals surface area (Å²) in [6.45, 7) is 2.05. The van der Waals surface area contributed by atoms with Crippen LogP contribution in [0.5, 0.6) is 0 Å². The number of carbonyl (C=O) groups is 2. The lowest BCUT2D eigenvalue weighted by molar-refractivity contribution is -0.144. The molecule has 4 heterocycles. The normalized spacial score (nSPS) is 27.0. The summed E-state index contributed by atoms with van der Waals surface area (Å²) < 4.78 is 1.25. The SMILES string of the molecule is Cn1nc(C(=O)N2C[C@@H]3C[C@@H](C2)C2CCCC(=O)N2C3)c2ccccc2c1=O. The highest BCUT2D eigenvalue weighted by Crippen LogP contribution is 2.38. The Labute approximate surface area is 162 Å². The maximum atomic E-state index is 13.4. The molecular formula is C21H24N4O3. The van der Waals surface area contributed by atoms with E-state index in [-0.39, 0.29) is 23.4 Å². The Morgan fingerprint density at radius 1 is 1.11 bits per heavy atom. The van der Waals surface area contributed by atoms with Gasteiger partial charge in [-0.25, -0.2) is 4.68 Å². The average Bonchev–Trinajstić information content (AvgIpc) is 2.71. The van der Waals surface area contributed by atoms with Crippen molar-refractivity contribution in [1.82, 2.24) is 19.6 Å². The van der Waals surface area contributed by atoms with Crippen molar-refractivity contribution in [3.63, 3.8) is 0 Å². The molecule has 5 rings (SSSR count). The van der Waals surface area contributed by atoms with Gasteiger partial charge in [0.05, 0.1) is 5.39 Å². The quantitative estimate of drug-likeness (QED) is 0.750. The van der Waals surface area contributed by atoms with Crippen molar-refractivity contribution in [2.24, 2.45) is 18.9 Å². The number of nitrogens with zero attached hydrogens (tertiary/aromatic N) is 4. The number of rotatable bonds is 1. The lowest BCUT2D eigenvalue weighted by Crippen LogP contribution is -2.61. The van der Waals surface area contributed by atoms with E-state index in [4.69, 9.17) is 0 Å². The number of amides is 2. The van der Waals surface area contributed by atoms with Crippen LogP contribution in [0.4, 0.5) is 0 Å². The lowest BCUT2D eigenvalue weighted by Gasteiger charge is -2.52. The first-order chi connectivity index (χ1) is 13.5. The smallest absolute Gasteiger partial charge is 0.274 e. The first kappa shape index (κ1) is 17.4. The van der Waals surface area contributed by atoms with Gasteiger partial charge in [0.15, 0.2) is 5.69 Å². The first-order valence-electron chi connectivity index (χ1n) is 10.1. The highest BCUT2D eigenvalue weighted by Gasteiger charge is 2.45. The van der Waals surface area contributed by atoms with E-state index in [1.807, 2.05) is 11.0 Å². The zero-order valence-corrected chi connectivity index (χ0v) is 16.0. The number of hydrogen-bond donors (Lipinski definition) is 0. The third-order valence-electron chi connectivity index (χ3n) is 6.63. The molecule has 0 spiro atoms. The van der Waals surface area contributed by atoms with Crippen molar-refractivity contribution in [2.45, 2.75) is 31.7 Å². The average molecular weight is 380 g/mol. The van der Waals surface area contributed by atoms with Crippen molar-refractivity contribution in [2.75, 3.05) is 19.6 Å². The fourth-order valence-electron chi connectivity index (χ4n) is 5.38. The van der Waals surface area contributed by atoms with Crippen molar-refractivity contribution in [3.8, 4) is 0 Å². The molecule has 3 aliphatic rings. The van der Waals surface area contributed by atoms with E-state index in [1.54, 1.807) is 25.2 Å². The second kappa shape index (κ2) is 6.43. The summed E-state index contributed by atoms with van der Waals surface area (Å²) in [6.07, 6.45) is 3.72. The van der Waals surface area contributed by atoms with Gasteiger partial charge in [0.1, 0.15) is 0 Å². The van der Waals surface area contributed by atoms with Crippen LogP contribution < -0.4 is 5.56 Å². The second-order valence-corrected chi connectivity index (χ2v) is 8.40. The number of aryl methyl sites for hydroxylation is 1. The van der Waals surface area contributed by atoms with Crippen LogP contribution in [0, 0.1) is 11.8 Å². The Kier molecular flexibility index (Phi) is 4.00. The van der Waals surface area contributed by atoms with E-state index in [0.29, 0.717) is 47.8 Å². The van der Waals surface area contributed by atoms with Crippen LogP contribution in [0.25, 0.3) is 10.8 Å². The van der Waals surface area contributed by atoms with Crippen LogP contribution in [0.1, 0.15) is 36.2 Å². The molecule has 7 nitrogen and oxygen atoms in total. The topological polar surface area (TPSA) is 75.5 Å². The molecule has 3 aliphatic heterocycles. The Morgan fingerprint density at radius 2 is 1.89 bits per heavy atom. The molecule has 2 aromatic rings. The van der Waals surface area contributed by atoms with E-state index in [0.717, 1.165) is 25.8 Å². The van der Waals surface area contributed by atoms with E-state index in [1.165, 1.54) is 4.68 Å². The Hall–Kier alpha value is -2.70. The van der Waals surface area contributed by atoms with Crippen molar-refractivity contribution >= 4 is 22.6 Å². The fraction of sp³-hybridized carbons (Fsp3) is 0.524. The molecule has 1 unspecified atom stereocenters. The van der Waals surface area contributed by atoms with Gasteiger partial charge in [-0.15, -0.1) is 0 Å². The van der Waals surface area contributed by atoms with Crippen LogP contribution in [0.3, 0.4) is 0 Å². The maximum absolute atomic E-state index is 13.4. The monoisotopic (exact) mass is 380 g/mol. The molecule has 3 saturated heterocycles. The van der Waals surface area contributed by atoms with Gasteiger partial charge < -0.3 is 9.80 Å². The van der Waals surface area contributed by atoms with Gasteiger partial charge in [-0.3, -0.25) is 14.4 Å². The summed E-state index contributed by atoms with van der Waals surface area (Å²) in [5.74, 6) is 0.813. The lowest BCUT2D eigenvalue weighted by atomic mass is 9.76. The molecule has 28 heavy (non-hydrogen) atoms. The van der Waals surface area contributed by atoms with Gasteiger partial charge in [-0.1, -0.05) is 18.2 Å². The second-order valence-electron chi connectivity index (χ2n) is 8.40. The highest BCUT2D eigenvalue weighted by atomic mass is 16.2. The third kappa shape index (κ3) is 2.64. The van der Waals surface area contributed by atoms with Crippen LogP contribution in [-0.4, -0.2) is 57.1 Å². The number of benzene rings is 1. The van der Waals surface area contributed by atoms with Gasteiger partial charge in [0, 0.05) is 44.5 Å². The minimum absolute atomic E-state index is 0.114. The molecular weight excluding hydrogens is 356 g/mol. The molecule has 0 radical (unpaired) electrons. The molecule has 0 saturated carbocycles.